The lowest BCUT2D eigenvalue weighted by molar-refractivity contribution is 0.369. The molecule has 2 rings (SSSR count). The Bertz CT molecular complexity index is 302. The van der Waals surface area contributed by atoms with Gasteiger partial charge in [0.05, 0.1) is 6.20 Å². The van der Waals surface area contributed by atoms with Gasteiger partial charge in [-0.25, -0.2) is 0 Å². The fraction of sp³-hybridized carbons (Fsp3) is 0.750. The highest BCUT2D eigenvalue weighted by molar-refractivity contribution is 6.18. The van der Waals surface area contributed by atoms with E-state index in [1.165, 1.54) is 31.2 Å². The van der Waals surface area contributed by atoms with Crippen LogP contribution in [0.5, 0.6) is 0 Å². The summed E-state index contributed by atoms with van der Waals surface area (Å²) in [5.41, 5.74) is 1.33. The van der Waals surface area contributed by atoms with E-state index in [1.54, 1.807) is 0 Å². The molecule has 1 saturated carbocycles. The molecule has 1 aromatic rings. The lowest BCUT2D eigenvalue weighted by Crippen LogP contribution is -2.16. The summed E-state index contributed by atoms with van der Waals surface area (Å²) in [4.78, 5) is 0. The summed E-state index contributed by atoms with van der Waals surface area (Å²) in [6, 6.07) is 0. The van der Waals surface area contributed by atoms with Crippen LogP contribution in [0.1, 0.15) is 31.2 Å². The first-order valence-electron chi connectivity index (χ1n) is 5.83. The van der Waals surface area contributed by atoms with Crippen LogP contribution >= 0.6 is 11.6 Å². The molecule has 0 bridgehead atoms. The van der Waals surface area contributed by atoms with E-state index in [0.717, 1.165) is 18.2 Å². The number of aryl methyl sites for hydroxylation is 1. The summed E-state index contributed by atoms with van der Waals surface area (Å²) in [5, 5.41) is 4.20. The van der Waals surface area contributed by atoms with Gasteiger partial charge in [0, 0.05) is 19.1 Å². The van der Waals surface area contributed by atoms with Crippen LogP contribution in [0.2, 0.25) is 0 Å². The van der Waals surface area contributed by atoms with Gasteiger partial charge in [-0.15, -0.1) is 11.6 Å². The highest BCUT2D eigenvalue weighted by Crippen LogP contribution is 2.33. The Morgan fingerprint density at radius 1 is 1.53 bits per heavy atom. The molecule has 0 spiro atoms. The molecule has 0 saturated heterocycles. The summed E-state index contributed by atoms with van der Waals surface area (Å²) < 4.78 is 1.87. The van der Waals surface area contributed by atoms with Crippen LogP contribution < -0.4 is 0 Å². The van der Waals surface area contributed by atoms with Crippen molar-refractivity contribution in [2.75, 3.05) is 5.88 Å². The topological polar surface area (TPSA) is 17.8 Å². The van der Waals surface area contributed by atoms with Crippen LogP contribution in [0.3, 0.4) is 0 Å². The molecular weight excluding hydrogens is 208 g/mol. The maximum atomic E-state index is 6.08. The van der Waals surface area contributed by atoms with Crippen molar-refractivity contribution in [1.82, 2.24) is 9.78 Å². The summed E-state index contributed by atoms with van der Waals surface area (Å²) in [6.45, 7) is 0. The van der Waals surface area contributed by atoms with E-state index in [9.17, 15) is 0 Å². The van der Waals surface area contributed by atoms with E-state index >= 15 is 0 Å². The Balaban J connectivity index is 1.95. The van der Waals surface area contributed by atoms with Gasteiger partial charge in [-0.1, -0.05) is 25.7 Å². The van der Waals surface area contributed by atoms with E-state index in [2.05, 4.69) is 11.3 Å². The van der Waals surface area contributed by atoms with Gasteiger partial charge in [0.25, 0.3) is 0 Å². The van der Waals surface area contributed by atoms with Crippen LogP contribution in [0.25, 0.3) is 0 Å². The summed E-state index contributed by atoms with van der Waals surface area (Å²) in [7, 11) is 1.97. The third-order valence-corrected chi connectivity index (χ3v) is 3.92. The van der Waals surface area contributed by atoms with Crippen LogP contribution in [0.15, 0.2) is 12.4 Å². The van der Waals surface area contributed by atoms with Crippen molar-refractivity contribution < 1.29 is 0 Å². The standard InChI is InChI=1S/C12H19ClN2/c1-15-9-10(8-14-15)6-12(7-13)11-4-2-3-5-11/h8-9,11-12H,2-7H2,1H3. The molecule has 2 nitrogen and oxygen atoms in total. The van der Waals surface area contributed by atoms with E-state index in [4.69, 9.17) is 11.6 Å². The molecule has 0 amide bonds. The number of hydrogen-bond acceptors (Lipinski definition) is 1. The van der Waals surface area contributed by atoms with Crippen molar-refractivity contribution in [2.45, 2.75) is 32.1 Å². The van der Waals surface area contributed by atoms with Crippen molar-refractivity contribution in [3.63, 3.8) is 0 Å². The number of nitrogens with zero attached hydrogens (tertiary/aromatic N) is 2. The molecule has 1 aliphatic carbocycles. The van der Waals surface area contributed by atoms with Crippen molar-refractivity contribution in [2.24, 2.45) is 18.9 Å². The number of hydrogen-bond donors (Lipinski definition) is 0. The second-order valence-electron chi connectivity index (χ2n) is 4.69. The average molecular weight is 227 g/mol. The van der Waals surface area contributed by atoms with Crippen LogP contribution in [-0.2, 0) is 13.5 Å². The third-order valence-electron chi connectivity index (χ3n) is 3.52. The van der Waals surface area contributed by atoms with Gasteiger partial charge < -0.3 is 0 Å². The molecule has 0 N–H and O–H groups in total. The molecule has 1 aliphatic rings. The Morgan fingerprint density at radius 2 is 2.27 bits per heavy atom. The Labute approximate surface area is 96.6 Å². The molecule has 1 aromatic heterocycles. The van der Waals surface area contributed by atoms with E-state index in [-0.39, 0.29) is 0 Å². The van der Waals surface area contributed by atoms with Gasteiger partial charge >= 0.3 is 0 Å². The molecule has 1 fully saturated rings. The number of aromatic nitrogens is 2. The Kier molecular flexibility index (Phi) is 3.68. The average Bonchev–Trinajstić information content (AvgIpc) is 2.85. The van der Waals surface area contributed by atoms with Crippen LogP contribution in [0.4, 0.5) is 0 Å². The molecule has 1 unspecified atom stereocenters. The molecule has 0 aliphatic heterocycles. The summed E-state index contributed by atoms with van der Waals surface area (Å²) in [6.07, 6.45) is 10.7. The number of rotatable bonds is 4. The number of halogens is 1. The molecule has 84 valence electrons. The maximum absolute atomic E-state index is 6.08. The van der Waals surface area contributed by atoms with Gasteiger partial charge in [0.15, 0.2) is 0 Å². The van der Waals surface area contributed by atoms with Gasteiger partial charge in [-0.05, 0) is 23.8 Å². The SMILES string of the molecule is Cn1cc(CC(CCl)C2CCCC2)cn1. The largest absolute Gasteiger partial charge is 0.276 e. The fourth-order valence-corrected chi connectivity index (χ4v) is 3.02. The monoisotopic (exact) mass is 226 g/mol. The smallest absolute Gasteiger partial charge is 0.0521 e. The van der Waals surface area contributed by atoms with Gasteiger partial charge in [-0.3, -0.25) is 4.68 Å². The molecule has 0 radical (unpaired) electrons. The first-order chi connectivity index (χ1) is 7.29. The maximum Gasteiger partial charge on any atom is 0.0521 e. The lowest BCUT2D eigenvalue weighted by atomic mass is 9.88. The van der Waals surface area contributed by atoms with Crippen molar-refractivity contribution in [3.8, 4) is 0 Å². The second kappa shape index (κ2) is 5.02. The normalized spacial score (nSPS) is 19.6. The van der Waals surface area contributed by atoms with Crippen LogP contribution in [-0.4, -0.2) is 15.7 Å². The zero-order valence-corrected chi connectivity index (χ0v) is 10.1. The summed E-state index contributed by atoms with van der Waals surface area (Å²) >= 11 is 6.08. The molecular formula is C12H19ClN2. The molecule has 3 heteroatoms. The highest BCUT2D eigenvalue weighted by Gasteiger charge is 2.24. The molecule has 15 heavy (non-hydrogen) atoms. The summed E-state index contributed by atoms with van der Waals surface area (Å²) in [5.74, 6) is 2.29. The third kappa shape index (κ3) is 2.75. The van der Waals surface area contributed by atoms with Gasteiger partial charge in [-0.2, -0.15) is 5.10 Å². The predicted molar refractivity (Wildman–Crippen MR) is 63.1 cm³/mol. The minimum Gasteiger partial charge on any atom is -0.276 e. The van der Waals surface area contributed by atoms with Crippen molar-refractivity contribution >= 4 is 11.6 Å². The van der Waals surface area contributed by atoms with Crippen LogP contribution in [0, 0.1) is 11.8 Å². The second-order valence-corrected chi connectivity index (χ2v) is 4.99. The first-order valence-corrected chi connectivity index (χ1v) is 6.36. The van der Waals surface area contributed by atoms with Crippen molar-refractivity contribution in [3.05, 3.63) is 18.0 Å². The zero-order valence-electron chi connectivity index (χ0n) is 9.32. The minimum atomic E-state index is 0.651. The van der Waals surface area contributed by atoms with E-state index in [0.29, 0.717) is 5.92 Å². The molecule has 0 aromatic carbocycles. The van der Waals surface area contributed by atoms with E-state index < -0.39 is 0 Å². The van der Waals surface area contributed by atoms with E-state index in [1.807, 2.05) is 17.9 Å². The predicted octanol–water partition coefficient (Wildman–Crippen LogP) is 3.01. The lowest BCUT2D eigenvalue weighted by Gasteiger charge is -2.20. The first kappa shape index (κ1) is 11.0. The Morgan fingerprint density at radius 3 is 2.80 bits per heavy atom. The Hall–Kier alpha value is -0.500. The van der Waals surface area contributed by atoms with Gasteiger partial charge in [0.2, 0.25) is 0 Å². The molecule has 1 atom stereocenters. The minimum absolute atomic E-state index is 0.651. The zero-order chi connectivity index (χ0) is 10.7. The highest BCUT2D eigenvalue weighted by atomic mass is 35.5. The van der Waals surface area contributed by atoms with Gasteiger partial charge in [0.1, 0.15) is 0 Å². The quantitative estimate of drug-likeness (QED) is 0.722. The number of alkyl halides is 1. The molecule has 1 heterocycles. The van der Waals surface area contributed by atoms with Crippen molar-refractivity contribution in [1.29, 1.82) is 0 Å². The fourth-order valence-electron chi connectivity index (χ4n) is 2.66.